The van der Waals surface area contributed by atoms with Gasteiger partial charge in [-0.05, 0) is 47.5 Å². The smallest absolute Gasteiger partial charge is 0.207 e. The summed E-state index contributed by atoms with van der Waals surface area (Å²) in [5.41, 5.74) is 4.49. The van der Waals surface area contributed by atoms with Crippen LogP contribution < -0.4 is 0 Å². The Hall–Kier alpha value is -3.41. The largest absolute Gasteiger partial charge is 0.361 e. The van der Waals surface area contributed by atoms with Crippen molar-refractivity contribution in [3.63, 3.8) is 0 Å². The van der Waals surface area contributed by atoms with E-state index in [4.69, 9.17) is 21.3 Å². The molecule has 4 aromatic rings. The van der Waals surface area contributed by atoms with Crippen molar-refractivity contribution >= 4 is 34.7 Å². The number of rotatable bonds is 3. The minimum atomic E-state index is 0.643. The molecule has 0 N–H and O–H groups in total. The van der Waals surface area contributed by atoms with Gasteiger partial charge in [0.1, 0.15) is 0 Å². The lowest BCUT2D eigenvalue weighted by atomic mass is 10.0. The molecule has 0 unspecified atom stereocenters. The molecule has 0 fully saturated rings. The van der Waals surface area contributed by atoms with E-state index in [2.05, 4.69) is 24.3 Å². The topological polar surface area (TPSA) is 35.1 Å². The van der Waals surface area contributed by atoms with Crippen LogP contribution in [0.15, 0.2) is 83.3 Å². The van der Waals surface area contributed by atoms with Crippen molar-refractivity contribution in [3.8, 4) is 17.2 Å². The van der Waals surface area contributed by atoms with E-state index in [0.29, 0.717) is 10.6 Å². The van der Waals surface area contributed by atoms with Crippen LogP contribution in [0, 0.1) is 11.3 Å². The van der Waals surface area contributed by atoms with Gasteiger partial charge in [-0.1, -0.05) is 54.1 Å². The number of nitriles is 1. The Morgan fingerprint density at radius 1 is 0.852 bits per heavy atom. The van der Waals surface area contributed by atoms with E-state index in [0.717, 1.165) is 33.4 Å². The Kier molecular flexibility index (Phi) is 4.70. The highest BCUT2D eigenvalue weighted by molar-refractivity contribution is 6.31. The lowest BCUT2D eigenvalue weighted by molar-refractivity contribution is 0.594. The molecule has 2 nitrogen and oxygen atoms in total. The Bertz CT molecular complexity index is 1170. The lowest BCUT2D eigenvalue weighted by Crippen LogP contribution is -1.85. The molecule has 0 saturated carbocycles. The van der Waals surface area contributed by atoms with E-state index >= 15 is 0 Å². The fourth-order valence-corrected chi connectivity index (χ4v) is 3.11. The molecule has 0 atom stereocenters. The third-order valence-corrected chi connectivity index (χ3v) is 4.54. The van der Waals surface area contributed by atoms with Crippen LogP contribution in [-0.2, 0) is 0 Å². The molecule has 0 radical (unpaired) electrons. The second-order valence-electron chi connectivity index (χ2n) is 6.14. The molecule has 0 amide bonds. The Morgan fingerprint density at radius 3 is 2.37 bits per heavy atom. The SMILES string of the molecule is N#Cc1ccc(C=Cc2[o+]c3ccc(Cl)cc3cc2-c2ccccc2)cc1. The standard InChI is InChI=1S/C24H15ClNO/c25-21-11-13-23-20(14-21)15-22(19-4-2-1-3-5-19)24(27-23)12-10-17-6-8-18(16-26)9-7-17/h1-15H/q+1. The molecule has 0 aliphatic rings. The first kappa shape index (κ1) is 17.0. The van der Waals surface area contributed by atoms with Crippen LogP contribution in [0.25, 0.3) is 34.2 Å². The first-order valence-electron chi connectivity index (χ1n) is 8.53. The van der Waals surface area contributed by atoms with Crippen LogP contribution in [0.4, 0.5) is 0 Å². The first-order valence-corrected chi connectivity index (χ1v) is 8.91. The molecule has 0 aliphatic carbocycles. The van der Waals surface area contributed by atoms with E-state index in [-0.39, 0.29) is 0 Å². The summed E-state index contributed by atoms with van der Waals surface area (Å²) in [6.45, 7) is 0. The fourth-order valence-electron chi connectivity index (χ4n) is 2.93. The van der Waals surface area contributed by atoms with E-state index in [1.54, 1.807) is 12.1 Å². The van der Waals surface area contributed by atoms with Crippen LogP contribution >= 0.6 is 11.6 Å². The quantitative estimate of drug-likeness (QED) is 0.362. The highest BCUT2D eigenvalue weighted by atomic mass is 35.5. The summed E-state index contributed by atoms with van der Waals surface area (Å²) < 4.78 is 6.17. The zero-order valence-electron chi connectivity index (χ0n) is 14.4. The third-order valence-electron chi connectivity index (χ3n) is 4.31. The molecular weight excluding hydrogens is 354 g/mol. The minimum absolute atomic E-state index is 0.643. The number of hydrogen-bond donors (Lipinski definition) is 0. The number of nitrogens with zero attached hydrogens (tertiary/aromatic N) is 1. The third kappa shape index (κ3) is 3.74. The second-order valence-corrected chi connectivity index (χ2v) is 6.58. The van der Waals surface area contributed by atoms with Crippen molar-refractivity contribution in [2.75, 3.05) is 0 Å². The molecule has 128 valence electrons. The summed E-state index contributed by atoms with van der Waals surface area (Å²) in [6.07, 6.45) is 3.94. The van der Waals surface area contributed by atoms with Gasteiger partial charge in [-0.2, -0.15) is 5.26 Å². The summed E-state index contributed by atoms with van der Waals surface area (Å²) in [7, 11) is 0. The molecule has 0 saturated heterocycles. The van der Waals surface area contributed by atoms with Gasteiger partial charge in [-0.3, -0.25) is 0 Å². The first-order chi connectivity index (χ1) is 13.2. The van der Waals surface area contributed by atoms with Crippen molar-refractivity contribution in [3.05, 3.63) is 101 Å². The predicted octanol–water partition coefficient (Wildman–Crippen LogP) is 7.08. The minimum Gasteiger partial charge on any atom is -0.207 e. The Balaban J connectivity index is 1.83. The number of fused-ring (bicyclic) bond motifs is 1. The number of halogens is 1. The van der Waals surface area contributed by atoms with E-state index in [1.807, 2.05) is 60.7 Å². The summed E-state index contributed by atoms with van der Waals surface area (Å²) in [5, 5.41) is 10.6. The van der Waals surface area contributed by atoms with E-state index in [1.165, 1.54) is 0 Å². The molecule has 0 aliphatic heterocycles. The maximum atomic E-state index is 8.93. The average Bonchev–Trinajstić information content (AvgIpc) is 2.72. The molecule has 3 heteroatoms. The van der Waals surface area contributed by atoms with Crippen molar-refractivity contribution in [2.45, 2.75) is 0 Å². The number of hydrogen-bond acceptors (Lipinski definition) is 1. The van der Waals surface area contributed by atoms with Crippen molar-refractivity contribution in [1.82, 2.24) is 0 Å². The normalized spacial score (nSPS) is 11.0. The maximum absolute atomic E-state index is 8.93. The molecule has 3 aromatic carbocycles. The van der Waals surface area contributed by atoms with Crippen LogP contribution in [0.1, 0.15) is 16.9 Å². The average molecular weight is 369 g/mol. The highest BCUT2D eigenvalue weighted by Crippen LogP contribution is 2.31. The van der Waals surface area contributed by atoms with Crippen LogP contribution in [-0.4, -0.2) is 0 Å². The van der Waals surface area contributed by atoms with Gasteiger partial charge in [0.2, 0.25) is 0 Å². The zero-order chi connectivity index (χ0) is 18.6. The molecule has 0 spiro atoms. The monoisotopic (exact) mass is 368 g/mol. The summed E-state index contributed by atoms with van der Waals surface area (Å²) >= 11 is 6.14. The number of benzene rings is 3. The Morgan fingerprint density at radius 2 is 1.63 bits per heavy atom. The summed E-state index contributed by atoms with van der Waals surface area (Å²) in [4.78, 5) is 0. The van der Waals surface area contributed by atoms with Crippen molar-refractivity contribution in [2.24, 2.45) is 0 Å². The van der Waals surface area contributed by atoms with E-state index < -0.39 is 0 Å². The van der Waals surface area contributed by atoms with Gasteiger partial charge in [0, 0.05) is 17.2 Å². The van der Waals surface area contributed by atoms with Crippen LogP contribution in [0.3, 0.4) is 0 Å². The highest BCUT2D eigenvalue weighted by Gasteiger charge is 2.18. The molecule has 4 rings (SSSR count). The molecular formula is C24H15ClNO+. The second kappa shape index (κ2) is 7.45. The van der Waals surface area contributed by atoms with Crippen molar-refractivity contribution in [1.29, 1.82) is 5.26 Å². The van der Waals surface area contributed by atoms with E-state index in [9.17, 15) is 0 Å². The fraction of sp³-hybridized carbons (Fsp3) is 0. The van der Waals surface area contributed by atoms with Gasteiger partial charge in [0.15, 0.2) is 0 Å². The van der Waals surface area contributed by atoms with Gasteiger partial charge >= 0.3 is 11.3 Å². The maximum Gasteiger partial charge on any atom is 0.361 e. The molecule has 1 heterocycles. The van der Waals surface area contributed by atoms with Gasteiger partial charge in [-0.25, -0.2) is 4.42 Å². The van der Waals surface area contributed by atoms with Gasteiger partial charge in [0.25, 0.3) is 0 Å². The van der Waals surface area contributed by atoms with Crippen molar-refractivity contribution < 1.29 is 4.42 Å². The Labute approximate surface area is 162 Å². The summed E-state index contributed by atoms with van der Waals surface area (Å²) in [6, 6.07) is 27.4. The predicted molar refractivity (Wildman–Crippen MR) is 111 cm³/mol. The molecule has 1 aromatic heterocycles. The van der Waals surface area contributed by atoms with Gasteiger partial charge < -0.3 is 0 Å². The van der Waals surface area contributed by atoms with Gasteiger partial charge in [-0.15, -0.1) is 0 Å². The van der Waals surface area contributed by atoms with Crippen LogP contribution in [0.5, 0.6) is 0 Å². The molecule has 27 heavy (non-hydrogen) atoms. The summed E-state index contributed by atoms with van der Waals surface area (Å²) in [5.74, 6) is 0.764. The molecule has 0 bridgehead atoms. The zero-order valence-corrected chi connectivity index (χ0v) is 15.1. The lowest BCUT2D eigenvalue weighted by Gasteiger charge is -2.01. The van der Waals surface area contributed by atoms with Crippen LogP contribution in [0.2, 0.25) is 5.02 Å². The van der Waals surface area contributed by atoms with Gasteiger partial charge in [0.05, 0.1) is 22.6 Å².